The molecule has 0 aromatic carbocycles. The van der Waals surface area contributed by atoms with Crippen LogP contribution < -0.4 is 5.73 Å². The molecule has 318 valence electrons. The van der Waals surface area contributed by atoms with Gasteiger partial charge in [-0.2, -0.15) is 0 Å². The van der Waals surface area contributed by atoms with Crippen LogP contribution in [0.25, 0.3) is 0 Å². The lowest BCUT2D eigenvalue weighted by Gasteiger charge is -2.20. The highest BCUT2D eigenvalue weighted by atomic mass is 31.2. The number of carboxylic acids is 1. The fourth-order valence-electron chi connectivity index (χ4n) is 5.80. The molecule has 1 aliphatic rings. The van der Waals surface area contributed by atoms with Crippen molar-refractivity contribution in [2.45, 2.75) is 192 Å². The number of carbonyl (C=O) groups is 3. The van der Waals surface area contributed by atoms with Crippen molar-refractivity contribution >= 4 is 25.7 Å². The van der Waals surface area contributed by atoms with Crippen LogP contribution in [0, 0.1) is 0 Å². The second-order valence-electron chi connectivity index (χ2n) is 14.5. The van der Waals surface area contributed by atoms with Gasteiger partial charge in [0.2, 0.25) is 0 Å². The Morgan fingerprint density at radius 2 is 1.15 bits per heavy atom. The van der Waals surface area contributed by atoms with Gasteiger partial charge in [0.25, 0.3) is 0 Å². The zero-order chi connectivity index (χ0) is 40.4. The van der Waals surface area contributed by atoms with Crippen LogP contribution in [0.4, 0.5) is 0 Å². The van der Waals surface area contributed by atoms with Gasteiger partial charge in [-0.25, -0.2) is 4.57 Å². The van der Waals surface area contributed by atoms with Crippen LogP contribution in [-0.4, -0.2) is 72.1 Å². The molecule has 0 radical (unpaired) electrons. The van der Waals surface area contributed by atoms with Crippen molar-refractivity contribution in [1.82, 2.24) is 0 Å². The number of carbonyl (C=O) groups excluding carboxylic acids is 2. The van der Waals surface area contributed by atoms with Crippen LogP contribution in [0.5, 0.6) is 0 Å². The summed E-state index contributed by atoms with van der Waals surface area (Å²) in [6.07, 6.45) is 36.7. The molecule has 0 bridgehead atoms. The van der Waals surface area contributed by atoms with Crippen molar-refractivity contribution in [2.75, 3.05) is 19.8 Å². The predicted molar refractivity (Wildman–Crippen MR) is 216 cm³/mol. The molecule has 1 heterocycles. The molecule has 1 saturated heterocycles. The lowest BCUT2D eigenvalue weighted by atomic mass is 10.0. The fourth-order valence-corrected chi connectivity index (χ4v) is 6.58. The summed E-state index contributed by atoms with van der Waals surface area (Å²) >= 11 is 0. The average molecular weight is 800 g/mol. The molecule has 12 nitrogen and oxygen atoms in total. The number of hydrogen-bond acceptors (Lipinski definition) is 10. The van der Waals surface area contributed by atoms with Gasteiger partial charge in [0.1, 0.15) is 12.6 Å². The highest BCUT2D eigenvalue weighted by Crippen LogP contribution is 2.43. The Morgan fingerprint density at radius 1 is 0.655 bits per heavy atom. The van der Waals surface area contributed by atoms with Gasteiger partial charge in [0.05, 0.1) is 25.4 Å². The number of carboxylic acid groups (broad SMARTS) is 1. The third-order valence-corrected chi connectivity index (χ3v) is 10.2. The molecule has 1 rings (SSSR count). The summed E-state index contributed by atoms with van der Waals surface area (Å²) < 4.78 is 38.3. The van der Waals surface area contributed by atoms with Crippen molar-refractivity contribution in [1.29, 1.82) is 0 Å². The number of phosphoric ester groups is 1. The van der Waals surface area contributed by atoms with E-state index >= 15 is 0 Å². The zero-order valence-corrected chi connectivity index (χ0v) is 34.9. The summed E-state index contributed by atoms with van der Waals surface area (Å²) in [6.45, 7) is 2.70. The van der Waals surface area contributed by atoms with E-state index in [1.54, 1.807) is 0 Å². The summed E-state index contributed by atoms with van der Waals surface area (Å²) in [7, 11) is -4.73. The number of rotatable bonds is 38. The van der Waals surface area contributed by atoms with Gasteiger partial charge in [-0.1, -0.05) is 140 Å². The molecule has 0 aromatic heterocycles. The van der Waals surface area contributed by atoms with E-state index in [1.807, 2.05) is 12.2 Å². The first-order valence-corrected chi connectivity index (χ1v) is 22.6. The molecule has 0 amide bonds. The summed E-state index contributed by atoms with van der Waals surface area (Å²) in [6, 6.07) is -1.53. The topological polar surface area (TPSA) is 184 Å². The Balaban J connectivity index is 2.34. The third kappa shape index (κ3) is 31.4. The van der Waals surface area contributed by atoms with Gasteiger partial charge in [0, 0.05) is 12.8 Å². The lowest BCUT2D eigenvalue weighted by Crippen LogP contribution is -2.34. The zero-order valence-electron chi connectivity index (χ0n) is 34.0. The van der Waals surface area contributed by atoms with Crippen molar-refractivity contribution in [3.63, 3.8) is 0 Å². The number of ether oxygens (including phenoxy) is 3. The molecule has 55 heavy (non-hydrogen) atoms. The summed E-state index contributed by atoms with van der Waals surface area (Å²) in [4.78, 5) is 45.9. The number of hydrogen-bond donors (Lipinski definition) is 3. The van der Waals surface area contributed by atoms with Crippen molar-refractivity contribution < 1.29 is 52.2 Å². The van der Waals surface area contributed by atoms with Crippen LogP contribution in [0.1, 0.15) is 168 Å². The maximum atomic E-state index is 12.6. The first-order valence-electron chi connectivity index (χ1n) is 21.1. The van der Waals surface area contributed by atoms with Crippen LogP contribution in [-0.2, 0) is 42.2 Å². The molecular formula is C42H74NO11P. The minimum absolute atomic E-state index is 0.0811. The number of phosphoric acid groups is 1. The molecule has 3 unspecified atom stereocenters. The third-order valence-electron chi connectivity index (χ3n) is 9.29. The molecule has 4 N–H and O–H groups in total. The monoisotopic (exact) mass is 799 g/mol. The van der Waals surface area contributed by atoms with Crippen molar-refractivity contribution in [2.24, 2.45) is 5.73 Å². The van der Waals surface area contributed by atoms with Crippen LogP contribution in [0.2, 0.25) is 0 Å². The van der Waals surface area contributed by atoms with Gasteiger partial charge >= 0.3 is 25.7 Å². The number of unbranched alkanes of at least 4 members (excludes halogenated alkanes) is 16. The van der Waals surface area contributed by atoms with Crippen LogP contribution in [0.3, 0.4) is 0 Å². The van der Waals surface area contributed by atoms with E-state index in [0.717, 1.165) is 44.9 Å². The molecule has 0 aliphatic carbocycles. The van der Waals surface area contributed by atoms with Crippen LogP contribution in [0.15, 0.2) is 36.5 Å². The molecule has 0 aromatic rings. The highest BCUT2D eigenvalue weighted by molar-refractivity contribution is 7.47. The molecule has 1 fully saturated rings. The van der Waals surface area contributed by atoms with E-state index in [-0.39, 0.29) is 19.4 Å². The summed E-state index contributed by atoms with van der Waals surface area (Å²) in [5.74, 6) is -2.46. The Bertz CT molecular complexity index is 1140. The molecule has 0 saturated carbocycles. The Morgan fingerprint density at radius 3 is 1.76 bits per heavy atom. The maximum Gasteiger partial charge on any atom is 0.472 e. The Labute approximate surface area is 331 Å². The Kier molecular flexibility index (Phi) is 31.1. The number of esters is 2. The number of aliphatic carboxylic acids is 1. The number of allylic oxidation sites excluding steroid dienone is 4. The maximum absolute atomic E-state index is 12.6. The van der Waals surface area contributed by atoms with Gasteiger partial charge in [-0.3, -0.25) is 23.4 Å². The van der Waals surface area contributed by atoms with E-state index in [9.17, 15) is 23.8 Å². The molecular weight excluding hydrogens is 725 g/mol. The second-order valence-corrected chi connectivity index (χ2v) is 16.0. The van der Waals surface area contributed by atoms with E-state index in [4.69, 9.17) is 29.6 Å². The standard InChI is InChI=1S/C42H74NO11P/c1-3-5-7-9-11-12-13-14-15-16-19-23-27-31-40(44)50-33-36(34-51-55(48,49)52-35-37(43)42(46)47)53-41(45)32-28-24-20-17-18-22-26-30-39-38(54-39)29-25-21-10-8-6-4-2/h17,20-22,25-26,36-39H,3-16,18-19,23-24,27-35,43H2,1-2H3,(H,46,47)(H,48,49)/b20-17-,25-21-,26-22-/t36-,37+,38?,39?/m1/s1. The van der Waals surface area contributed by atoms with E-state index in [2.05, 4.69) is 42.7 Å². The SMILES string of the molecule is CCCCC/C=C\CC1OC1C/C=C\C/C=C\CCCC(=O)O[C@H](COC(=O)CCCCCCCCCCCCCCC)COP(=O)(O)OC[C@H](N)C(=O)O. The first kappa shape index (κ1) is 50.7. The normalized spacial score (nSPS) is 17.8. The molecule has 1 aliphatic heterocycles. The predicted octanol–water partition coefficient (Wildman–Crippen LogP) is 9.83. The largest absolute Gasteiger partial charge is 0.480 e. The number of epoxide rings is 1. The Hall–Kier alpha value is -2.34. The minimum Gasteiger partial charge on any atom is -0.480 e. The van der Waals surface area contributed by atoms with Crippen LogP contribution >= 0.6 is 7.82 Å². The number of nitrogens with two attached hydrogens (primary N) is 1. The smallest absolute Gasteiger partial charge is 0.472 e. The minimum atomic E-state index is -4.73. The lowest BCUT2D eigenvalue weighted by molar-refractivity contribution is -0.161. The summed E-state index contributed by atoms with van der Waals surface area (Å²) in [5.41, 5.74) is 5.32. The van der Waals surface area contributed by atoms with Gasteiger partial charge in [-0.05, 0) is 51.4 Å². The van der Waals surface area contributed by atoms with Gasteiger partial charge in [0.15, 0.2) is 6.10 Å². The molecule has 5 atom stereocenters. The molecule has 0 spiro atoms. The van der Waals surface area contributed by atoms with E-state index in [1.165, 1.54) is 77.0 Å². The first-order chi connectivity index (χ1) is 26.6. The average Bonchev–Trinajstić information content (AvgIpc) is 3.92. The van der Waals surface area contributed by atoms with E-state index in [0.29, 0.717) is 31.5 Å². The van der Waals surface area contributed by atoms with Gasteiger partial charge in [-0.15, -0.1) is 0 Å². The second kappa shape index (κ2) is 33.8. The van der Waals surface area contributed by atoms with Crippen molar-refractivity contribution in [3.05, 3.63) is 36.5 Å². The highest BCUT2D eigenvalue weighted by Gasteiger charge is 2.36. The quantitative estimate of drug-likeness (QED) is 0.0177. The van der Waals surface area contributed by atoms with Gasteiger partial charge < -0.3 is 29.9 Å². The fraction of sp³-hybridized carbons (Fsp3) is 0.786. The molecule has 13 heteroatoms. The summed E-state index contributed by atoms with van der Waals surface area (Å²) in [5, 5.41) is 8.88. The van der Waals surface area contributed by atoms with E-state index < -0.39 is 51.1 Å². The van der Waals surface area contributed by atoms with Crippen molar-refractivity contribution in [3.8, 4) is 0 Å².